The van der Waals surface area contributed by atoms with Crippen molar-refractivity contribution in [2.75, 3.05) is 40.1 Å². The summed E-state index contributed by atoms with van der Waals surface area (Å²) in [5, 5.41) is 2.46. The Morgan fingerprint density at radius 2 is 1.91 bits per heavy atom. The smallest absolute Gasteiger partial charge is 0.406 e. The maximum atomic E-state index is 11.8. The number of methoxy groups -OCH3 is 2. The van der Waals surface area contributed by atoms with Crippen molar-refractivity contribution in [1.82, 2.24) is 9.62 Å². The summed E-state index contributed by atoms with van der Waals surface area (Å²) in [6.07, 6.45) is 1.08. The molecule has 0 heterocycles. The van der Waals surface area contributed by atoms with Gasteiger partial charge in [-0.2, -0.15) is 0 Å². The summed E-state index contributed by atoms with van der Waals surface area (Å²) in [5.41, 5.74) is 0.930. The van der Waals surface area contributed by atoms with Crippen LogP contribution in [0, 0.1) is 0 Å². The number of hydrogen-bond acceptors (Lipinski definition) is 5. The molecule has 22 heavy (non-hydrogen) atoms. The molecule has 0 aromatic heterocycles. The van der Waals surface area contributed by atoms with E-state index in [0.717, 1.165) is 17.6 Å². The molecule has 0 aliphatic carbocycles. The Bertz CT molecular complexity index is 589. The fraction of sp³-hybridized carbons (Fsp3) is 0.500. The Labute approximate surface area is 131 Å². The molecule has 0 radical (unpaired) electrons. The Balaban J connectivity index is 2.64. The zero-order valence-electron chi connectivity index (χ0n) is 13.0. The fourth-order valence-corrected chi connectivity index (χ4v) is 2.80. The van der Waals surface area contributed by atoms with Gasteiger partial charge in [-0.1, -0.05) is 18.2 Å². The SMILES string of the molecule is COC(=O)NCCN(CCc1ccccc1OC)S(C)(=O)=O. The van der Waals surface area contributed by atoms with Gasteiger partial charge in [-0.15, -0.1) is 0 Å². The van der Waals surface area contributed by atoms with Gasteiger partial charge in [-0.05, 0) is 18.1 Å². The third-order valence-corrected chi connectivity index (χ3v) is 4.41. The van der Waals surface area contributed by atoms with E-state index in [4.69, 9.17) is 4.74 Å². The summed E-state index contributed by atoms with van der Waals surface area (Å²) in [6.45, 7) is 0.677. The van der Waals surface area contributed by atoms with Gasteiger partial charge in [0, 0.05) is 19.6 Å². The number of hydrogen-bond donors (Lipinski definition) is 1. The minimum Gasteiger partial charge on any atom is -0.496 e. The Morgan fingerprint density at radius 3 is 2.50 bits per heavy atom. The lowest BCUT2D eigenvalue weighted by atomic mass is 10.1. The van der Waals surface area contributed by atoms with Gasteiger partial charge >= 0.3 is 6.09 Å². The van der Waals surface area contributed by atoms with Crippen LogP contribution in [0.3, 0.4) is 0 Å². The second-order valence-electron chi connectivity index (χ2n) is 4.64. The van der Waals surface area contributed by atoms with Crippen molar-refractivity contribution in [2.45, 2.75) is 6.42 Å². The predicted molar refractivity (Wildman–Crippen MR) is 83.5 cm³/mol. The molecule has 0 aliphatic heterocycles. The first-order valence-electron chi connectivity index (χ1n) is 6.77. The largest absolute Gasteiger partial charge is 0.496 e. The monoisotopic (exact) mass is 330 g/mol. The van der Waals surface area contributed by atoms with Crippen LogP contribution in [-0.4, -0.2) is 58.9 Å². The normalized spacial score (nSPS) is 11.3. The van der Waals surface area contributed by atoms with Crippen molar-refractivity contribution >= 4 is 16.1 Å². The number of amides is 1. The van der Waals surface area contributed by atoms with Crippen molar-refractivity contribution in [2.24, 2.45) is 0 Å². The van der Waals surface area contributed by atoms with Crippen LogP contribution in [0.2, 0.25) is 0 Å². The van der Waals surface area contributed by atoms with Gasteiger partial charge in [-0.3, -0.25) is 0 Å². The van der Waals surface area contributed by atoms with E-state index >= 15 is 0 Å². The summed E-state index contributed by atoms with van der Waals surface area (Å²) in [5.74, 6) is 0.726. The summed E-state index contributed by atoms with van der Waals surface area (Å²) >= 11 is 0. The van der Waals surface area contributed by atoms with E-state index in [9.17, 15) is 13.2 Å². The standard InChI is InChI=1S/C14H22N2O5S/c1-20-13-7-5-4-6-12(13)8-10-16(22(3,18)19)11-9-15-14(17)21-2/h4-7H,8-11H2,1-3H3,(H,15,17). The molecule has 0 atom stereocenters. The highest BCUT2D eigenvalue weighted by Crippen LogP contribution is 2.18. The highest BCUT2D eigenvalue weighted by Gasteiger charge is 2.17. The van der Waals surface area contributed by atoms with Crippen LogP contribution in [0.4, 0.5) is 4.79 Å². The molecule has 124 valence electrons. The maximum absolute atomic E-state index is 11.8. The molecule has 7 nitrogen and oxygen atoms in total. The highest BCUT2D eigenvalue weighted by atomic mass is 32.2. The van der Waals surface area contributed by atoms with E-state index in [1.165, 1.54) is 11.4 Å². The fourth-order valence-electron chi connectivity index (χ4n) is 1.95. The molecule has 0 saturated carbocycles. The summed E-state index contributed by atoms with van der Waals surface area (Å²) in [4.78, 5) is 11.0. The minimum atomic E-state index is -3.36. The third kappa shape index (κ3) is 5.90. The molecule has 0 fully saturated rings. The van der Waals surface area contributed by atoms with Crippen molar-refractivity contribution in [3.8, 4) is 5.75 Å². The number of sulfonamides is 1. The molecule has 0 saturated heterocycles. The van der Waals surface area contributed by atoms with Crippen LogP contribution in [0.5, 0.6) is 5.75 Å². The topological polar surface area (TPSA) is 84.9 Å². The van der Waals surface area contributed by atoms with Gasteiger partial charge in [0.2, 0.25) is 10.0 Å². The molecular weight excluding hydrogens is 308 g/mol. The lowest BCUT2D eigenvalue weighted by Crippen LogP contribution is -2.39. The summed E-state index contributed by atoms with van der Waals surface area (Å²) in [6, 6.07) is 7.46. The van der Waals surface area contributed by atoms with E-state index < -0.39 is 16.1 Å². The van der Waals surface area contributed by atoms with E-state index in [-0.39, 0.29) is 13.1 Å². The molecule has 1 aromatic carbocycles. The summed E-state index contributed by atoms with van der Waals surface area (Å²) < 4.78 is 34.6. The number of ether oxygens (including phenoxy) is 2. The molecule has 1 aromatic rings. The predicted octanol–water partition coefficient (Wildman–Crippen LogP) is 0.855. The third-order valence-electron chi connectivity index (χ3n) is 3.11. The van der Waals surface area contributed by atoms with Crippen molar-refractivity contribution < 1.29 is 22.7 Å². The number of benzene rings is 1. The zero-order valence-corrected chi connectivity index (χ0v) is 13.9. The van der Waals surface area contributed by atoms with Crippen LogP contribution in [0.25, 0.3) is 0 Å². The number of carbonyl (C=O) groups excluding carboxylic acids is 1. The second-order valence-corrected chi connectivity index (χ2v) is 6.62. The first kappa shape index (κ1) is 18.2. The molecule has 0 aliphatic rings. The van der Waals surface area contributed by atoms with Crippen LogP contribution in [-0.2, 0) is 21.2 Å². The maximum Gasteiger partial charge on any atom is 0.406 e. The van der Waals surface area contributed by atoms with Crippen LogP contribution >= 0.6 is 0 Å². The zero-order chi connectivity index (χ0) is 16.6. The second kappa shape index (κ2) is 8.60. The van der Waals surface area contributed by atoms with Gasteiger partial charge in [0.1, 0.15) is 5.75 Å². The molecular formula is C14H22N2O5S. The lowest BCUT2D eigenvalue weighted by Gasteiger charge is -2.20. The van der Waals surface area contributed by atoms with E-state index in [0.29, 0.717) is 13.0 Å². The number of para-hydroxylation sites is 1. The average Bonchev–Trinajstić information content (AvgIpc) is 2.49. The van der Waals surface area contributed by atoms with E-state index in [2.05, 4.69) is 10.1 Å². The van der Waals surface area contributed by atoms with Gasteiger partial charge in [0.15, 0.2) is 0 Å². The van der Waals surface area contributed by atoms with Crippen molar-refractivity contribution in [1.29, 1.82) is 0 Å². The molecule has 1 N–H and O–H groups in total. The first-order valence-corrected chi connectivity index (χ1v) is 8.62. The number of nitrogens with zero attached hydrogens (tertiary/aromatic N) is 1. The Kier molecular flexibility index (Phi) is 7.13. The van der Waals surface area contributed by atoms with Gasteiger partial charge in [0.05, 0.1) is 20.5 Å². The van der Waals surface area contributed by atoms with Crippen LogP contribution in [0.1, 0.15) is 5.56 Å². The van der Waals surface area contributed by atoms with Crippen LogP contribution in [0.15, 0.2) is 24.3 Å². The van der Waals surface area contributed by atoms with Crippen molar-refractivity contribution in [3.05, 3.63) is 29.8 Å². The molecule has 1 rings (SSSR count). The number of carbonyl (C=O) groups is 1. The summed E-state index contributed by atoms with van der Waals surface area (Å²) in [7, 11) is -0.527. The van der Waals surface area contributed by atoms with E-state index in [1.54, 1.807) is 7.11 Å². The van der Waals surface area contributed by atoms with Gasteiger partial charge in [0.25, 0.3) is 0 Å². The molecule has 0 spiro atoms. The minimum absolute atomic E-state index is 0.184. The quantitative estimate of drug-likeness (QED) is 0.764. The molecule has 8 heteroatoms. The molecule has 0 unspecified atom stereocenters. The average molecular weight is 330 g/mol. The lowest BCUT2D eigenvalue weighted by molar-refractivity contribution is 0.170. The number of rotatable bonds is 8. The van der Waals surface area contributed by atoms with Gasteiger partial charge in [-0.25, -0.2) is 17.5 Å². The highest BCUT2D eigenvalue weighted by molar-refractivity contribution is 7.88. The van der Waals surface area contributed by atoms with Crippen molar-refractivity contribution in [3.63, 3.8) is 0 Å². The first-order chi connectivity index (χ1) is 10.4. The van der Waals surface area contributed by atoms with Crippen LogP contribution < -0.4 is 10.1 Å². The Morgan fingerprint density at radius 1 is 1.23 bits per heavy atom. The Hall–Kier alpha value is -1.80. The van der Waals surface area contributed by atoms with E-state index in [1.807, 2.05) is 24.3 Å². The van der Waals surface area contributed by atoms with Gasteiger partial charge < -0.3 is 14.8 Å². The molecule has 1 amide bonds. The number of nitrogens with one attached hydrogen (secondary N) is 1. The molecule has 0 bridgehead atoms. The number of alkyl carbamates (subject to hydrolysis) is 1.